The maximum absolute atomic E-state index is 5.68. The number of benzene rings is 1. The van der Waals surface area contributed by atoms with Crippen LogP contribution in [-0.2, 0) is 6.54 Å². The molecule has 106 valence electrons. The zero-order chi connectivity index (χ0) is 14.3. The van der Waals surface area contributed by atoms with Gasteiger partial charge in [0.25, 0.3) is 0 Å². The Morgan fingerprint density at radius 3 is 2.65 bits per heavy atom. The Kier molecular flexibility index (Phi) is 3.50. The van der Waals surface area contributed by atoms with Crippen molar-refractivity contribution in [3.63, 3.8) is 0 Å². The summed E-state index contributed by atoms with van der Waals surface area (Å²) in [5.41, 5.74) is 10.6. The molecule has 1 saturated carbocycles. The molecule has 20 heavy (non-hydrogen) atoms. The van der Waals surface area contributed by atoms with Gasteiger partial charge in [0, 0.05) is 18.9 Å². The largest absolute Gasteiger partial charge is 0.393 e. The van der Waals surface area contributed by atoms with Crippen molar-refractivity contribution < 1.29 is 0 Å². The van der Waals surface area contributed by atoms with E-state index in [1.165, 1.54) is 41.7 Å². The monoisotopic (exact) mass is 287 g/mol. The van der Waals surface area contributed by atoms with E-state index >= 15 is 0 Å². The number of hydrogen-bond donors (Lipinski definition) is 1. The van der Waals surface area contributed by atoms with Crippen molar-refractivity contribution in [1.29, 1.82) is 0 Å². The minimum atomic E-state index is 0.579. The second-order valence-corrected chi connectivity index (χ2v) is 6.42. The van der Waals surface area contributed by atoms with E-state index in [2.05, 4.69) is 30.5 Å². The third-order valence-corrected chi connectivity index (χ3v) is 4.65. The molecule has 1 fully saturated rings. The van der Waals surface area contributed by atoms with Crippen molar-refractivity contribution in [2.45, 2.75) is 52.0 Å². The van der Waals surface area contributed by atoms with E-state index in [0.717, 1.165) is 18.5 Å². The van der Waals surface area contributed by atoms with Gasteiger partial charge in [-0.15, -0.1) is 0 Å². The highest BCUT2D eigenvalue weighted by atomic mass is 32.1. The number of nitrogens with zero attached hydrogens (tertiary/aromatic N) is 2. The first-order valence-corrected chi connectivity index (χ1v) is 7.73. The van der Waals surface area contributed by atoms with Crippen LogP contribution in [0.4, 0.5) is 0 Å². The van der Waals surface area contributed by atoms with Crippen LogP contribution >= 0.6 is 12.2 Å². The SMILES string of the molecule is Cc1cc2nc(C3CCC3)n(CCC(N)=S)c2cc1C. The predicted octanol–water partition coefficient (Wildman–Crippen LogP) is 3.60. The standard InChI is InChI=1S/C16H21N3S/c1-10-8-13-14(9-11(10)2)19(7-6-15(17)20)16(18-13)12-4-3-5-12/h8-9,12H,3-7H2,1-2H3,(H2,17,20). The summed E-state index contributed by atoms with van der Waals surface area (Å²) in [5, 5.41) is 0. The van der Waals surface area contributed by atoms with Crippen molar-refractivity contribution in [3.8, 4) is 0 Å². The summed E-state index contributed by atoms with van der Waals surface area (Å²) in [6.45, 7) is 5.15. The summed E-state index contributed by atoms with van der Waals surface area (Å²) in [6, 6.07) is 4.45. The van der Waals surface area contributed by atoms with Gasteiger partial charge in [0.15, 0.2) is 0 Å². The molecule has 3 rings (SSSR count). The lowest BCUT2D eigenvalue weighted by Crippen LogP contribution is -2.18. The van der Waals surface area contributed by atoms with E-state index in [-0.39, 0.29) is 0 Å². The highest BCUT2D eigenvalue weighted by Gasteiger charge is 2.25. The molecule has 1 aromatic carbocycles. The lowest BCUT2D eigenvalue weighted by atomic mass is 9.85. The molecule has 0 radical (unpaired) electrons. The zero-order valence-electron chi connectivity index (χ0n) is 12.1. The minimum absolute atomic E-state index is 0.579. The van der Waals surface area contributed by atoms with Gasteiger partial charge in [0.05, 0.1) is 16.0 Å². The molecule has 3 nitrogen and oxygen atoms in total. The predicted molar refractivity (Wildman–Crippen MR) is 87.2 cm³/mol. The first kappa shape index (κ1) is 13.6. The molecule has 2 N–H and O–H groups in total. The molecule has 4 heteroatoms. The Hall–Kier alpha value is -1.42. The van der Waals surface area contributed by atoms with E-state index in [4.69, 9.17) is 22.9 Å². The van der Waals surface area contributed by atoms with E-state index in [1.807, 2.05) is 0 Å². The van der Waals surface area contributed by atoms with Crippen LogP contribution in [0.25, 0.3) is 11.0 Å². The fourth-order valence-electron chi connectivity index (χ4n) is 2.83. The van der Waals surface area contributed by atoms with Gasteiger partial charge in [-0.2, -0.15) is 0 Å². The Bertz CT molecular complexity index is 668. The minimum Gasteiger partial charge on any atom is -0.393 e. The fraction of sp³-hybridized carbons (Fsp3) is 0.500. The third-order valence-electron chi connectivity index (χ3n) is 4.45. The normalized spacial score (nSPS) is 15.5. The molecule has 1 aromatic heterocycles. The van der Waals surface area contributed by atoms with Crippen LogP contribution in [0.1, 0.15) is 48.6 Å². The molecule has 0 saturated heterocycles. The quantitative estimate of drug-likeness (QED) is 0.874. The summed E-state index contributed by atoms with van der Waals surface area (Å²) < 4.78 is 2.34. The summed E-state index contributed by atoms with van der Waals surface area (Å²) in [5.74, 6) is 1.85. The number of thiocarbonyl (C=S) groups is 1. The molecule has 0 amide bonds. The number of aromatic nitrogens is 2. The molecule has 0 bridgehead atoms. The molecule has 2 aromatic rings. The first-order chi connectivity index (χ1) is 9.56. The van der Waals surface area contributed by atoms with Gasteiger partial charge in [-0.25, -0.2) is 4.98 Å². The molecule has 0 atom stereocenters. The Labute approximate surface area is 125 Å². The van der Waals surface area contributed by atoms with Crippen molar-refractivity contribution in [2.75, 3.05) is 0 Å². The van der Waals surface area contributed by atoms with Crippen LogP contribution in [-0.4, -0.2) is 14.5 Å². The Balaban J connectivity index is 2.09. The molecule has 0 aliphatic heterocycles. The smallest absolute Gasteiger partial charge is 0.113 e. The number of nitrogens with two attached hydrogens (primary N) is 1. The number of imidazole rings is 1. The molecule has 0 unspecified atom stereocenters. The van der Waals surface area contributed by atoms with E-state index < -0.39 is 0 Å². The van der Waals surface area contributed by atoms with Crippen molar-refractivity contribution in [1.82, 2.24) is 9.55 Å². The van der Waals surface area contributed by atoms with E-state index in [9.17, 15) is 0 Å². The second-order valence-electron chi connectivity index (χ2n) is 5.89. The van der Waals surface area contributed by atoms with Gasteiger partial charge in [-0.1, -0.05) is 18.6 Å². The molecular formula is C16H21N3S. The van der Waals surface area contributed by atoms with Crippen LogP contribution in [0.15, 0.2) is 12.1 Å². The fourth-order valence-corrected chi connectivity index (χ4v) is 2.93. The third kappa shape index (κ3) is 2.33. The number of aryl methyl sites for hydroxylation is 3. The van der Waals surface area contributed by atoms with Gasteiger partial charge in [-0.05, 0) is 49.9 Å². The van der Waals surface area contributed by atoms with Crippen LogP contribution in [0.3, 0.4) is 0 Å². The van der Waals surface area contributed by atoms with E-state index in [1.54, 1.807) is 0 Å². The number of hydrogen-bond acceptors (Lipinski definition) is 2. The van der Waals surface area contributed by atoms with Crippen molar-refractivity contribution >= 4 is 28.2 Å². The summed E-state index contributed by atoms with van der Waals surface area (Å²) in [7, 11) is 0. The van der Waals surface area contributed by atoms with Gasteiger partial charge < -0.3 is 10.3 Å². The number of fused-ring (bicyclic) bond motifs is 1. The molecular weight excluding hydrogens is 266 g/mol. The second kappa shape index (κ2) is 5.17. The summed E-state index contributed by atoms with van der Waals surface area (Å²) >= 11 is 5.03. The first-order valence-electron chi connectivity index (χ1n) is 7.32. The lowest BCUT2D eigenvalue weighted by molar-refractivity contribution is 0.389. The lowest BCUT2D eigenvalue weighted by Gasteiger charge is -2.25. The van der Waals surface area contributed by atoms with Gasteiger partial charge in [-0.3, -0.25) is 0 Å². The summed E-state index contributed by atoms with van der Waals surface area (Å²) in [4.78, 5) is 5.47. The Morgan fingerprint density at radius 2 is 2.05 bits per heavy atom. The molecule has 0 spiro atoms. The maximum Gasteiger partial charge on any atom is 0.113 e. The number of rotatable bonds is 4. The van der Waals surface area contributed by atoms with Crippen molar-refractivity contribution in [2.24, 2.45) is 5.73 Å². The highest BCUT2D eigenvalue weighted by Crippen LogP contribution is 2.37. The molecule has 1 aliphatic rings. The van der Waals surface area contributed by atoms with E-state index in [0.29, 0.717) is 10.9 Å². The Morgan fingerprint density at radius 1 is 1.35 bits per heavy atom. The molecule has 1 aliphatic carbocycles. The zero-order valence-corrected chi connectivity index (χ0v) is 13.0. The highest BCUT2D eigenvalue weighted by molar-refractivity contribution is 7.80. The van der Waals surface area contributed by atoms with Crippen LogP contribution in [0.5, 0.6) is 0 Å². The topological polar surface area (TPSA) is 43.8 Å². The van der Waals surface area contributed by atoms with Gasteiger partial charge in [0.2, 0.25) is 0 Å². The summed E-state index contributed by atoms with van der Waals surface area (Å²) in [6.07, 6.45) is 4.58. The average molecular weight is 287 g/mol. The van der Waals surface area contributed by atoms with Crippen LogP contribution < -0.4 is 5.73 Å². The van der Waals surface area contributed by atoms with Gasteiger partial charge in [0.1, 0.15) is 5.82 Å². The van der Waals surface area contributed by atoms with Crippen LogP contribution in [0, 0.1) is 13.8 Å². The van der Waals surface area contributed by atoms with Gasteiger partial charge >= 0.3 is 0 Å². The maximum atomic E-state index is 5.68. The van der Waals surface area contributed by atoms with Crippen molar-refractivity contribution in [3.05, 3.63) is 29.1 Å². The molecule has 1 heterocycles. The van der Waals surface area contributed by atoms with Crippen LogP contribution in [0.2, 0.25) is 0 Å². The average Bonchev–Trinajstić information content (AvgIpc) is 2.63.